The van der Waals surface area contributed by atoms with Gasteiger partial charge in [0.2, 0.25) is 0 Å². The summed E-state index contributed by atoms with van der Waals surface area (Å²) in [6.45, 7) is 4.62. The Morgan fingerprint density at radius 2 is 0.760 bits per heavy atom. The van der Waals surface area contributed by atoms with E-state index < -0.39 is 24.3 Å². The predicted molar refractivity (Wildman–Crippen MR) is 315 cm³/mol. The average molecular weight is 1050 g/mol. The molecule has 9 heteroatoms. The quantitative estimate of drug-likeness (QED) is 0.0195. The highest BCUT2D eigenvalue weighted by Crippen LogP contribution is 2.16. The van der Waals surface area contributed by atoms with Gasteiger partial charge in [0.15, 0.2) is 12.4 Å². The van der Waals surface area contributed by atoms with Crippen LogP contribution in [0.2, 0.25) is 0 Å². The molecule has 0 saturated carbocycles. The third kappa shape index (κ3) is 58.0. The van der Waals surface area contributed by atoms with Crippen molar-refractivity contribution < 1.29 is 42.9 Å². The van der Waals surface area contributed by atoms with Crippen LogP contribution >= 0.6 is 0 Å². The number of rotatable bonds is 56. The van der Waals surface area contributed by atoms with Crippen LogP contribution in [0.3, 0.4) is 0 Å². The molecule has 0 fully saturated rings. The van der Waals surface area contributed by atoms with Gasteiger partial charge in [0, 0.05) is 12.8 Å². The minimum atomic E-state index is -1.63. The van der Waals surface area contributed by atoms with Gasteiger partial charge in [-0.3, -0.25) is 9.59 Å². The van der Waals surface area contributed by atoms with Gasteiger partial charge in [-0.1, -0.05) is 240 Å². The Morgan fingerprint density at radius 3 is 1.13 bits per heavy atom. The summed E-state index contributed by atoms with van der Waals surface area (Å²) in [5.74, 6) is -2.30. The van der Waals surface area contributed by atoms with Crippen LogP contribution in [0.25, 0.3) is 0 Å². The number of esters is 2. The summed E-state index contributed by atoms with van der Waals surface area (Å²) in [6, 6.07) is 0. The summed E-state index contributed by atoms with van der Waals surface area (Å²) >= 11 is 0. The van der Waals surface area contributed by atoms with Crippen LogP contribution in [0.1, 0.15) is 258 Å². The maximum absolute atomic E-state index is 12.9. The highest BCUT2D eigenvalue weighted by Gasteiger charge is 2.22. The van der Waals surface area contributed by atoms with E-state index in [2.05, 4.69) is 98.9 Å². The Labute approximate surface area is 461 Å². The molecular formula is C66H115NO8. The molecular weight excluding hydrogens is 935 g/mol. The van der Waals surface area contributed by atoms with Gasteiger partial charge in [-0.2, -0.15) is 0 Å². The Balaban J connectivity index is 4.22. The SMILES string of the molecule is CC/C=C\C/C=C\C/C=C\C/C=C\C/C=C\CCCCCCCCCC(=O)OC(COC(=O)CCCCCCCCCCCCCCCCC/C=C\C/C=C\CCCCCCC)COC(OCC[N+](C)(C)C)C(=O)[O-]. The van der Waals surface area contributed by atoms with Crippen LogP contribution in [-0.2, 0) is 33.3 Å². The lowest BCUT2D eigenvalue weighted by Crippen LogP contribution is -2.44. The van der Waals surface area contributed by atoms with Crippen molar-refractivity contribution in [2.24, 2.45) is 0 Å². The lowest BCUT2D eigenvalue weighted by atomic mass is 10.0. The molecule has 0 amide bonds. The molecule has 9 nitrogen and oxygen atoms in total. The van der Waals surface area contributed by atoms with Gasteiger partial charge in [0.25, 0.3) is 0 Å². The number of ether oxygens (including phenoxy) is 4. The Morgan fingerprint density at radius 1 is 0.413 bits per heavy atom. The topological polar surface area (TPSA) is 111 Å². The van der Waals surface area contributed by atoms with Crippen molar-refractivity contribution in [2.75, 3.05) is 47.5 Å². The van der Waals surface area contributed by atoms with E-state index >= 15 is 0 Å². The van der Waals surface area contributed by atoms with E-state index in [9.17, 15) is 19.5 Å². The molecule has 0 aliphatic carbocycles. The van der Waals surface area contributed by atoms with Crippen molar-refractivity contribution in [1.29, 1.82) is 0 Å². The maximum Gasteiger partial charge on any atom is 0.306 e. The highest BCUT2D eigenvalue weighted by molar-refractivity contribution is 5.70. The van der Waals surface area contributed by atoms with Crippen LogP contribution in [0, 0.1) is 0 Å². The van der Waals surface area contributed by atoms with E-state index in [0.717, 1.165) is 83.5 Å². The molecule has 0 spiro atoms. The number of likely N-dealkylation sites (N-methyl/N-ethyl adjacent to an activating group) is 1. The van der Waals surface area contributed by atoms with E-state index in [1.54, 1.807) is 0 Å². The maximum atomic E-state index is 12.9. The number of aliphatic carboxylic acids is 1. The minimum absolute atomic E-state index is 0.142. The molecule has 0 N–H and O–H groups in total. The lowest BCUT2D eigenvalue weighted by Gasteiger charge is -2.26. The lowest BCUT2D eigenvalue weighted by molar-refractivity contribution is -0.870. The third-order valence-electron chi connectivity index (χ3n) is 13.1. The van der Waals surface area contributed by atoms with Crippen molar-refractivity contribution in [2.45, 2.75) is 270 Å². The number of unbranched alkanes of at least 4 members (excludes halogenated alkanes) is 27. The summed E-state index contributed by atoms with van der Waals surface area (Å²) < 4.78 is 22.7. The predicted octanol–water partition coefficient (Wildman–Crippen LogP) is 17.0. The molecule has 0 aromatic carbocycles. The minimum Gasteiger partial charge on any atom is -0.545 e. The monoisotopic (exact) mass is 1050 g/mol. The van der Waals surface area contributed by atoms with Crippen LogP contribution in [-0.4, -0.2) is 82.3 Å². The van der Waals surface area contributed by atoms with E-state index in [4.69, 9.17) is 18.9 Å². The van der Waals surface area contributed by atoms with Gasteiger partial charge in [0.1, 0.15) is 13.2 Å². The summed E-state index contributed by atoms with van der Waals surface area (Å²) in [6.07, 6.45) is 72.0. The second-order valence-electron chi connectivity index (χ2n) is 21.6. The Bertz CT molecular complexity index is 1500. The number of allylic oxidation sites excluding steroid dienone is 14. The first kappa shape index (κ1) is 71.5. The van der Waals surface area contributed by atoms with E-state index in [-0.39, 0.29) is 38.6 Å². The molecule has 0 aliphatic rings. The van der Waals surface area contributed by atoms with Gasteiger partial charge in [-0.05, 0) is 89.9 Å². The molecule has 0 saturated heterocycles. The number of quaternary nitrogens is 1. The molecule has 0 bridgehead atoms. The van der Waals surface area contributed by atoms with Gasteiger partial charge >= 0.3 is 11.9 Å². The Hall–Kier alpha value is -3.53. The second-order valence-corrected chi connectivity index (χ2v) is 21.6. The number of carbonyl (C=O) groups excluding carboxylic acids is 3. The smallest absolute Gasteiger partial charge is 0.306 e. The number of carboxylic acids is 1. The highest BCUT2D eigenvalue weighted by atomic mass is 16.7. The molecule has 0 aromatic heterocycles. The third-order valence-corrected chi connectivity index (χ3v) is 13.1. The van der Waals surface area contributed by atoms with Crippen molar-refractivity contribution in [3.05, 3.63) is 85.1 Å². The fourth-order valence-electron chi connectivity index (χ4n) is 8.42. The number of nitrogens with zero attached hydrogens (tertiary/aromatic N) is 1. The second kappa shape index (κ2) is 56.7. The zero-order valence-electron chi connectivity index (χ0n) is 49.1. The first-order valence-corrected chi connectivity index (χ1v) is 30.7. The standard InChI is InChI=1S/C66H115NO8/c1-6-8-10-12-14-16-18-20-22-24-26-28-30-31-32-33-35-36-38-40-42-44-46-48-50-52-54-56-63(68)73-60-62(61-74-66(65(70)71)72-59-58-67(3,4)5)75-64(69)57-55-53-51-49-47-45-43-41-39-37-34-29-27-25-23-21-19-17-15-13-11-9-7-2/h9,11,15,17-18,20-21,23-24,26-27,29,37,39,62,66H,6-8,10,12-14,16,19,22,25,28,30-36,38,40-61H2,1-5H3/b11-9-,17-15-,20-18-,23-21-,26-24-,29-27-,39-37-. The summed E-state index contributed by atoms with van der Waals surface area (Å²) in [5.41, 5.74) is 0. The van der Waals surface area contributed by atoms with Crippen LogP contribution in [0.4, 0.5) is 0 Å². The average Bonchev–Trinajstić information content (AvgIpc) is 3.38. The fourth-order valence-corrected chi connectivity index (χ4v) is 8.42. The number of carbonyl (C=O) groups is 3. The molecule has 2 atom stereocenters. The molecule has 0 rings (SSSR count). The molecule has 2 unspecified atom stereocenters. The molecule has 0 aliphatic heterocycles. The molecule has 432 valence electrons. The molecule has 0 heterocycles. The number of hydrogen-bond acceptors (Lipinski definition) is 8. The van der Waals surface area contributed by atoms with Gasteiger partial charge in [-0.25, -0.2) is 0 Å². The van der Waals surface area contributed by atoms with Crippen LogP contribution in [0.5, 0.6) is 0 Å². The number of carboxylic acid groups (broad SMARTS) is 1. The molecule has 0 aromatic rings. The van der Waals surface area contributed by atoms with Gasteiger partial charge in [-0.15, -0.1) is 0 Å². The summed E-state index contributed by atoms with van der Waals surface area (Å²) in [5, 5.41) is 11.8. The van der Waals surface area contributed by atoms with E-state index in [1.807, 2.05) is 21.1 Å². The van der Waals surface area contributed by atoms with E-state index in [0.29, 0.717) is 17.4 Å². The van der Waals surface area contributed by atoms with Crippen LogP contribution in [0.15, 0.2) is 85.1 Å². The fraction of sp³-hybridized carbons (Fsp3) is 0.742. The summed E-state index contributed by atoms with van der Waals surface area (Å²) in [4.78, 5) is 37.4. The molecule has 0 radical (unpaired) electrons. The van der Waals surface area contributed by atoms with Crippen molar-refractivity contribution in [1.82, 2.24) is 0 Å². The largest absolute Gasteiger partial charge is 0.545 e. The summed E-state index contributed by atoms with van der Waals surface area (Å²) in [7, 11) is 5.92. The molecule has 75 heavy (non-hydrogen) atoms. The van der Waals surface area contributed by atoms with E-state index in [1.165, 1.54) is 141 Å². The normalized spacial score (nSPS) is 13.3. The first-order chi connectivity index (χ1) is 36.6. The first-order valence-electron chi connectivity index (χ1n) is 30.7. The number of hydrogen-bond donors (Lipinski definition) is 0. The van der Waals surface area contributed by atoms with Gasteiger partial charge < -0.3 is 33.3 Å². The van der Waals surface area contributed by atoms with Crippen LogP contribution < -0.4 is 5.11 Å². The zero-order chi connectivity index (χ0) is 54.8. The van der Waals surface area contributed by atoms with Crippen molar-refractivity contribution in [3.63, 3.8) is 0 Å². The zero-order valence-corrected chi connectivity index (χ0v) is 49.1. The van der Waals surface area contributed by atoms with Gasteiger partial charge in [0.05, 0.1) is 40.3 Å². The van der Waals surface area contributed by atoms with Crippen molar-refractivity contribution >= 4 is 17.9 Å². The Kier molecular flexibility index (Phi) is 54.0. The van der Waals surface area contributed by atoms with Crippen molar-refractivity contribution in [3.8, 4) is 0 Å².